The summed E-state index contributed by atoms with van der Waals surface area (Å²) >= 11 is 0. The predicted octanol–water partition coefficient (Wildman–Crippen LogP) is 3.32. The number of ether oxygens (including phenoxy) is 1. The molecule has 6 heteroatoms. The highest BCUT2D eigenvalue weighted by molar-refractivity contribution is 5.89. The van der Waals surface area contributed by atoms with Crippen molar-refractivity contribution in [1.82, 2.24) is 15.1 Å². The van der Waals surface area contributed by atoms with Crippen molar-refractivity contribution >= 4 is 11.9 Å². The molecule has 1 aliphatic rings. The Morgan fingerprint density at radius 3 is 2.34 bits per heavy atom. The van der Waals surface area contributed by atoms with Gasteiger partial charge in [0.2, 0.25) is 5.91 Å². The lowest BCUT2D eigenvalue weighted by Gasteiger charge is -2.36. The Balaban J connectivity index is 1.39. The number of nitrogens with one attached hydrogen (secondary N) is 1. The Morgan fingerprint density at radius 1 is 1.06 bits per heavy atom. The summed E-state index contributed by atoms with van der Waals surface area (Å²) in [6, 6.07) is 17.6. The number of rotatable bonds is 9. The lowest BCUT2D eigenvalue weighted by Crippen LogP contribution is -2.48. The molecule has 2 aromatic rings. The van der Waals surface area contributed by atoms with Crippen LogP contribution in [-0.4, -0.2) is 61.5 Å². The van der Waals surface area contributed by atoms with Gasteiger partial charge in [0, 0.05) is 19.6 Å². The molecule has 0 bridgehead atoms. The Bertz CT molecular complexity index is 862. The third kappa shape index (κ3) is 6.90. The van der Waals surface area contributed by atoms with E-state index in [0.29, 0.717) is 18.0 Å². The van der Waals surface area contributed by atoms with E-state index in [1.807, 2.05) is 19.1 Å². The fraction of sp³-hybridized carbons (Fsp3) is 0.462. The van der Waals surface area contributed by atoms with Crippen LogP contribution in [0.2, 0.25) is 0 Å². The molecule has 3 rings (SSSR count). The molecule has 0 saturated carbocycles. The van der Waals surface area contributed by atoms with Crippen molar-refractivity contribution in [2.24, 2.45) is 5.92 Å². The highest BCUT2D eigenvalue weighted by Gasteiger charge is 2.27. The van der Waals surface area contributed by atoms with Gasteiger partial charge in [0.05, 0.1) is 18.7 Å². The summed E-state index contributed by atoms with van der Waals surface area (Å²) in [5.74, 6) is 0.356. The number of amides is 1. The molecule has 1 fully saturated rings. The molecule has 1 heterocycles. The van der Waals surface area contributed by atoms with Crippen LogP contribution >= 0.6 is 0 Å². The molecule has 1 saturated heterocycles. The molecular formula is C26H35N3O3. The highest BCUT2D eigenvalue weighted by Crippen LogP contribution is 2.20. The van der Waals surface area contributed by atoms with Crippen molar-refractivity contribution in [1.29, 1.82) is 0 Å². The number of nitrogens with zero attached hydrogens (tertiary/aromatic N) is 2. The topological polar surface area (TPSA) is 61.9 Å². The van der Waals surface area contributed by atoms with E-state index in [9.17, 15) is 9.59 Å². The van der Waals surface area contributed by atoms with Crippen LogP contribution in [0, 0.1) is 5.92 Å². The number of likely N-dealkylation sites (tertiary alicyclic amines) is 1. The average Bonchev–Trinajstić information content (AvgIpc) is 2.83. The van der Waals surface area contributed by atoms with Crippen LogP contribution in [0.25, 0.3) is 0 Å². The van der Waals surface area contributed by atoms with Crippen molar-refractivity contribution in [2.75, 3.05) is 33.8 Å². The molecule has 172 valence electrons. The minimum Gasteiger partial charge on any atom is -0.465 e. The SMILES string of the molecule is COC(=O)c1ccc(CNC(=O)C(C)N2CCC(CN(C)Cc3ccccc3)CC2)cc1. The number of hydrogen-bond acceptors (Lipinski definition) is 5. The van der Waals surface area contributed by atoms with Crippen LogP contribution < -0.4 is 5.32 Å². The molecule has 1 aliphatic heterocycles. The zero-order valence-electron chi connectivity index (χ0n) is 19.4. The zero-order valence-corrected chi connectivity index (χ0v) is 19.4. The summed E-state index contributed by atoms with van der Waals surface area (Å²) in [6.45, 7) is 6.40. The summed E-state index contributed by atoms with van der Waals surface area (Å²) in [7, 11) is 3.55. The maximum Gasteiger partial charge on any atom is 0.337 e. The normalized spacial score (nSPS) is 16.0. The van der Waals surface area contributed by atoms with Crippen LogP contribution in [0.3, 0.4) is 0 Å². The van der Waals surface area contributed by atoms with E-state index in [1.54, 1.807) is 12.1 Å². The van der Waals surface area contributed by atoms with Gasteiger partial charge in [0.15, 0.2) is 0 Å². The van der Waals surface area contributed by atoms with Crippen molar-refractivity contribution in [3.8, 4) is 0 Å². The minimum atomic E-state index is -0.358. The Labute approximate surface area is 191 Å². The van der Waals surface area contributed by atoms with Crippen molar-refractivity contribution in [3.63, 3.8) is 0 Å². The lowest BCUT2D eigenvalue weighted by molar-refractivity contribution is -0.126. The van der Waals surface area contributed by atoms with E-state index in [4.69, 9.17) is 4.74 Å². The molecule has 1 N–H and O–H groups in total. The third-order valence-corrected chi connectivity index (χ3v) is 6.28. The number of esters is 1. The molecule has 6 nitrogen and oxygen atoms in total. The summed E-state index contributed by atoms with van der Waals surface area (Å²) < 4.78 is 4.71. The molecule has 32 heavy (non-hydrogen) atoms. The summed E-state index contributed by atoms with van der Waals surface area (Å²) in [6.07, 6.45) is 2.23. The summed E-state index contributed by atoms with van der Waals surface area (Å²) in [4.78, 5) is 28.9. The van der Waals surface area contributed by atoms with Gasteiger partial charge in [-0.1, -0.05) is 42.5 Å². The van der Waals surface area contributed by atoms with Crippen LogP contribution in [-0.2, 0) is 22.6 Å². The van der Waals surface area contributed by atoms with Crippen molar-refractivity contribution in [2.45, 2.75) is 38.9 Å². The number of piperidine rings is 1. The second-order valence-electron chi connectivity index (χ2n) is 8.74. The number of methoxy groups -OCH3 is 1. The minimum absolute atomic E-state index is 0.0432. The van der Waals surface area contributed by atoms with Crippen molar-refractivity contribution in [3.05, 3.63) is 71.3 Å². The van der Waals surface area contributed by atoms with Crippen LogP contribution in [0.1, 0.15) is 41.3 Å². The quantitative estimate of drug-likeness (QED) is 0.610. The van der Waals surface area contributed by atoms with Gasteiger partial charge in [0.25, 0.3) is 0 Å². The third-order valence-electron chi connectivity index (χ3n) is 6.28. The van der Waals surface area contributed by atoms with E-state index in [1.165, 1.54) is 12.7 Å². The van der Waals surface area contributed by atoms with Gasteiger partial charge in [-0.15, -0.1) is 0 Å². The van der Waals surface area contributed by atoms with Gasteiger partial charge in [-0.25, -0.2) is 4.79 Å². The largest absolute Gasteiger partial charge is 0.465 e. The maximum absolute atomic E-state index is 12.7. The van der Waals surface area contributed by atoms with Gasteiger partial charge < -0.3 is 15.0 Å². The number of carbonyl (C=O) groups is 2. The predicted molar refractivity (Wildman–Crippen MR) is 126 cm³/mol. The molecule has 2 aromatic carbocycles. The fourth-order valence-electron chi connectivity index (χ4n) is 4.30. The molecule has 1 amide bonds. The Kier molecular flexibility index (Phi) is 8.82. The maximum atomic E-state index is 12.7. The Morgan fingerprint density at radius 2 is 1.72 bits per heavy atom. The first-order valence-electron chi connectivity index (χ1n) is 11.4. The monoisotopic (exact) mass is 437 g/mol. The molecule has 1 unspecified atom stereocenters. The number of carbonyl (C=O) groups excluding carboxylic acids is 2. The summed E-state index contributed by atoms with van der Waals surface area (Å²) in [5, 5.41) is 3.02. The molecule has 0 aliphatic carbocycles. The standard InChI is InChI=1S/C26H35N3O3/c1-20(25(30)27-17-21-9-11-24(12-10-21)26(31)32-3)29-15-13-23(14-16-29)19-28(2)18-22-7-5-4-6-8-22/h4-12,20,23H,13-19H2,1-3H3,(H,27,30). The van der Waals surface area contributed by atoms with E-state index in [0.717, 1.165) is 44.6 Å². The highest BCUT2D eigenvalue weighted by atomic mass is 16.5. The van der Waals surface area contributed by atoms with E-state index >= 15 is 0 Å². The van der Waals surface area contributed by atoms with Crippen LogP contribution in [0.15, 0.2) is 54.6 Å². The molecule has 1 atom stereocenters. The first kappa shape index (κ1) is 24.0. The second-order valence-corrected chi connectivity index (χ2v) is 8.74. The van der Waals surface area contributed by atoms with Crippen LogP contribution in [0.4, 0.5) is 0 Å². The average molecular weight is 438 g/mol. The first-order valence-corrected chi connectivity index (χ1v) is 11.4. The molecule has 0 spiro atoms. The second kappa shape index (κ2) is 11.8. The van der Waals surface area contributed by atoms with E-state index in [2.05, 4.69) is 52.5 Å². The zero-order chi connectivity index (χ0) is 22.9. The smallest absolute Gasteiger partial charge is 0.337 e. The van der Waals surface area contributed by atoms with Gasteiger partial charge in [-0.05, 0) is 69.1 Å². The first-order chi connectivity index (χ1) is 15.5. The summed E-state index contributed by atoms with van der Waals surface area (Å²) in [5.41, 5.74) is 2.81. The van der Waals surface area contributed by atoms with Gasteiger partial charge in [0.1, 0.15) is 0 Å². The van der Waals surface area contributed by atoms with E-state index < -0.39 is 0 Å². The van der Waals surface area contributed by atoms with Crippen molar-refractivity contribution < 1.29 is 14.3 Å². The van der Waals surface area contributed by atoms with Gasteiger partial charge in [-0.3, -0.25) is 9.69 Å². The molecular weight excluding hydrogens is 402 g/mol. The van der Waals surface area contributed by atoms with Gasteiger partial charge >= 0.3 is 5.97 Å². The Hall–Kier alpha value is -2.70. The van der Waals surface area contributed by atoms with Gasteiger partial charge in [-0.2, -0.15) is 0 Å². The van der Waals surface area contributed by atoms with E-state index in [-0.39, 0.29) is 17.9 Å². The molecule has 0 aromatic heterocycles. The fourth-order valence-corrected chi connectivity index (χ4v) is 4.30. The lowest BCUT2D eigenvalue weighted by atomic mass is 9.95. The number of benzene rings is 2. The van der Waals surface area contributed by atoms with Crippen LogP contribution in [0.5, 0.6) is 0 Å². The number of hydrogen-bond donors (Lipinski definition) is 1. The molecule has 0 radical (unpaired) electrons.